The molecule has 1 aromatic heterocycles. The Morgan fingerprint density at radius 1 is 1.37 bits per heavy atom. The van der Waals surface area contributed by atoms with Gasteiger partial charge in [-0.05, 0) is 12.8 Å². The van der Waals surface area contributed by atoms with E-state index in [4.69, 9.17) is 0 Å². The van der Waals surface area contributed by atoms with Crippen molar-refractivity contribution in [3.63, 3.8) is 0 Å². The van der Waals surface area contributed by atoms with E-state index in [2.05, 4.69) is 10.1 Å². The van der Waals surface area contributed by atoms with Gasteiger partial charge in [-0.25, -0.2) is 4.98 Å². The van der Waals surface area contributed by atoms with Gasteiger partial charge in [0.1, 0.15) is 5.82 Å². The third-order valence-corrected chi connectivity index (χ3v) is 4.15. The van der Waals surface area contributed by atoms with Gasteiger partial charge in [0.05, 0.1) is 5.41 Å². The van der Waals surface area contributed by atoms with Gasteiger partial charge in [-0.1, -0.05) is 33.1 Å². The molecule has 1 N–H and O–H groups in total. The molecule has 106 valence electrons. The zero-order valence-electron chi connectivity index (χ0n) is 12.0. The summed E-state index contributed by atoms with van der Waals surface area (Å²) in [4.78, 5) is 16.2. The molecule has 2 rings (SSSR count). The van der Waals surface area contributed by atoms with Crippen molar-refractivity contribution in [3.8, 4) is 0 Å². The van der Waals surface area contributed by atoms with Crippen LogP contribution >= 0.6 is 0 Å². The van der Waals surface area contributed by atoms with E-state index in [1.807, 2.05) is 20.9 Å². The summed E-state index contributed by atoms with van der Waals surface area (Å²) in [5.74, 6) is 1.19. The van der Waals surface area contributed by atoms with E-state index in [0.29, 0.717) is 6.42 Å². The van der Waals surface area contributed by atoms with Crippen molar-refractivity contribution >= 4 is 5.97 Å². The molecule has 0 bridgehead atoms. The fraction of sp³-hybridized carbons (Fsp3) is 0.786. The molecular formula is C14H23N3O2. The van der Waals surface area contributed by atoms with Crippen LogP contribution in [0.1, 0.15) is 63.5 Å². The number of hydrogen-bond donors (Lipinski definition) is 1. The number of rotatable bonds is 4. The van der Waals surface area contributed by atoms with Gasteiger partial charge < -0.3 is 5.11 Å². The molecule has 0 atom stereocenters. The Morgan fingerprint density at radius 2 is 2.00 bits per heavy atom. The van der Waals surface area contributed by atoms with Gasteiger partial charge in [0, 0.05) is 19.4 Å². The summed E-state index contributed by atoms with van der Waals surface area (Å²) in [6.45, 7) is 4.10. The van der Waals surface area contributed by atoms with Crippen LogP contribution in [0.2, 0.25) is 0 Å². The number of carbonyl (C=O) groups is 1. The summed E-state index contributed by atoms with van der Waals surface area (Å²) in [7, 11) is 1.85. The monoisotopic (exact) mass is 265 g/mol. The molecule has 0 spiro atoms. The second-order valence-electron chi connectivity index (χ2n) is 5.99. The van der Waals surface area contributed by atoms with Crippen LogP contribution in [0.5, 0.6) is 0 Å². The summed E-state index contributed by atoms with van der Waals surface area (Å²) in [6.07, 6.45) is 5.16. The van der Waals surface area contributed by atoms with E-state index >= 15 is 0 Å². The lowest BCUT2D eigenvalue weighted by molar-refractivity contribution is -0.151. The minimum absolute atomic E-state index is 0.270. The number of carboxylic acid groups (broad SMARTS) is 1. The number of aliphatic carboxylic acids is 1. The van der Waals surface area contributed by atoms with Gasteiger partial charge >= 0.3 is 5.97 Å². The predicted octanol–water partition coefficient (Wildman–Crippen LogP) is 2.52. The molecule has 1 saturated carbocycles. The first-order valence-corrected chi connectivity index (χ1v) is 7.08. The van der Waals surface area contributed by atoms with E-state index in [-0.39, 0.29) is 5.92 Å². The SMILES string of the molecule is CC(C)c1nc(CC2(C(=O)O)CCCCC2)n(C)n1. The van der Waals surface area contributed by atoms with E-state index in [0.717, 1.165) is 43.8 Å². The van der Waals surface area contributed by atoms with Crippen LogP contribution in [-0.4, -0.2) is 25.8 Å². The zero-order valence-corrected chi connectivity index (χ0v) is 12.0. The maximum absolute atomic E-state index is 11.7. The Morgan fingerprint density at radius 3 is 2.47 bits per heavy atom. The Hall–Kier alpha value is -1.39. The van der Waals surface area contributed by atoms with Crippen LogP contribution < -0.4 is 0 Å². The Labute approximate surface area is 114 Å². The molecule has 5 heteroatoms. The first kappa shape index (κ1) is 14.0. The molecule has 1 fully saturated rings. The van der Waals surface area contributed by atoms with E-state index in [1.54, 1.807) is 4.68 Å². The van der Waals surface area contributed by atoms with Gasteiger partial charge in [0.15, 0.2) is 5.82 Å². The lowest BCUT2D eigenvalue weighted by Crippen LogP contribution is -2.36. The molecule has 1 aromatic rings. The molecule has 1 heterocycles. The topological polar surface area (TPSA) is 68.0 Å². The van der Waals surface area contributed by atoms with Gasteiger partial charge in [-0.3, -0.25) is 9.48 Å². The summed E-state index contributed by atoms with van der Waals surface area (Å²) < 4.78 is 1.74. The van der Waals surface area contributed by atoms with E-state index in [9.17, 15) is 9.90 Å². The quantitative estimate of drug-likeness (QED) is 0.908. The molecule has 1 aliphatic rings. The molecule has 0 aromatic carbocycles. The highest BCUT2D eigenvalue weighted by Crippen LogP contribution is 2.39. The highest BCUT2D eigenvalue weighted by molar-refractivity contribution is 5.75. The Bertz CT molecular complexity index is 459. The summed E-state index contributed by atoms with van der Waals surface area (Å²) in [6, 6.07) is 0. The van der Waals surface area contributed by atoms with Gasteiger partial charge in [-0.15, -0.1) is 0 Å². The molecule has 0 unspecified atom stereocenters. The number of aromatic nitrogens is 3. The molecular weight excluding hydrogens is 242 g/mol. The van der Waals surface area contributed by atoms with Crippen molar-refractivity contribution in [1.29, 1.82) is 0 Å². The number of nitrogens with zero attached hydrogens (tertiary/aromatic N) is 3. The van der Waals surface area contributed by atoms with Crippen molar-refractivity contribution in [1.82, 2.24) is 14.8 Å². The average molecular weight is 265 g/mol. The van der Waals surface area contributed by atoms with Crippen LogP contribution in [-0.2, 0) is 18.3 Å². The fourth-order valence-electron chi connectivity index (χ4n) is 2.83. The lowest BCUT2D eigenvalue weighted by Gasteiger charge is -2.32. The molecule has 5 nitrogen and oxygen atoms in total. The van der Waals surface area contributed by atoms with Crippen LogP contribution in [0.3, 0.4) is 0 Å². The molecule has 0 aliphatic heterocycles. The smallest absolute Gasteiger partial charge is 0.310 e. The lowest BCUT2D eigenvalue weighted by atomic mass is 9.71. The number of hydrogen-bond acceptors (Lipinski definition) is 3. The molecule has 0 saturated heterocycles. The third kappa shape index (κ3) is 2.80. The molecule has 19 heavy (non-hydrogen) atoms. The molecule has 0 amide bonds. The minimum atomic E-state index is -0.679. The van der Waals surface area contributed by atoms with Crippen molar-refractivity contribution in [3.05, 3.63) is 11.6 Å². The summed E-state index contributed by atoms with van der Waals surface area (Å²) in [5, 5.41) is 14.0. The first-order chi connectivity index (χ1) is 8.94. The van der Waals surface area contributed by atoms with Gasteiger partial charge in [0.25, 0.3) is 0 Å². The maximum Gasteiger partial charge on any atom is 0.310 e. The minimum Gasteiger partial charge on any atom is -0.481 e. The summed E-state index contributed by atoms with van der Waals surface area (Å²) >= 11 is 0. The second-order valence-corrected chi connectivity index (χ2v) is 5.99. The standard InChI is InChI=1S/C14H23N3O2/c1-10(2)12-15-11(17(3)16-12)9-14(13(18)19)7-5-4-6-8-14/h10H,4-9H2,1-3H3,(H,18,19). The van der Waals surface area contributed by atoms with E-state index < -0.39 is 11.4 Å². The van der Waals surface area contributed by atoms with Crippen molar-refractivity contribution in [2.45, 2.75) is 58.3 Å². The van der Waals surface area contributed by atoms with E-state index in [1.165, 1.54) is 0 Å². The normalized spacial score (nSPS) is 18.7. The summed E-state index contributed by atoms with van der Waals surface area (Å²) in [5.41, 5.74) is -0.632. The Kier molecular flexibility index (Phi) is 3.92. The first-order valence-electron chi connectivity index (χ1n) is 7.08. The van der Waals surface area contributed by atoms with Crippen LogP contribution in [0.25, 0.3) is 0 Å². The Balaban J connectivity index is 2.24. The largest absolute Gasteiger partial charge is 0.481 e. The van der Waals surface area contributed by atoms with Gasteiger partial charge in [0.2, 0.25) is 0 Å². The van der Waals surface area contributed by atoms with Crippen LogP contribution in [0, 0.1) is 5.41 Å². The van der Waals surface area contributed by atoms with Crippen molar-refractivity contribution < 1.29 is 9.90 Å². The van der Waals surface area contributed by atoms with Crippen molar-refractivity contribution in [2.75, 3.05) is 0 Å². The second kappa shape index (κ2) is 5.31. The number of aryl methyl sites for hydroxylation is 1. The highest BCUT2D eigenvalue weighted by Gasteiger charge is 2.40. The van der Waals surface area contributed by atoms with Crippen LogP contribution in [0.4, 0.5) is 0 Å². The van der Waals surface area contributed by atoms with Gasteiger partial charge in [-0.2, -0.15) is 5.10 Å². The average Bonchev–Trinajstić information content (AvgIpc) is 2.72. The number of carboxylic acids is 1. The van der Waals surface area contributed by atoms with Crippen molar-refractivity contribution in [2.24, 2.45) is 12.5 Å². The maximum atomic E-state index is 11.7. The predicted molar refractivity (Wildman–Crippen MR) is 71.9 cm³/mol. The fourth-order valence-corrected chi connectivity index (χ4v) is 2.83. The zero-order chi connectivity index (χ0) is 14.0. The highest BCUT2D eigenvalue weighted by atomic mass is 16.4. The van der Waals surface area contributed by atoms with Crippen LogP contribution in [0.15, 0.2) is 0 Å². The molecule has 1 aliphatic carbocycles. The third-order valence-electron chi connectivity index (χ3n) is 4.15. The molecule has 0 radical (unpaired) electrons.